The topological polar surface area (TPSA) is 142 Å². The number of ether oxygens (including phenoxy) is 8. The van der Waals surface area contributed by atoms with Crippen LogP contribution < -0.4 is 9.47 Å². The molecule has 12 nitrogen and oxygen atoms in total. The van der Waals surface area contributed by atoms with Crippen molar-refractivity contribution in [1.29, 1.82) is 0 Å². The van der Waals surface area contributed by atoms with Gasteiger partial charge in [0.1, 0.15) is 23.7 Å². The van der Waals surface area contributed by atoms with E-state index in [-0.39, 0.29) is 25.2 Å². The van der Waals surface area contributed by atoms with Crippen LogP contribution in [0.25, 0.3) is 12.2 Å². The summed E-state index contributed by atoms with van der Waals surface area (Å²) in [6.45, 7) is 9.30. The van der Waals surface area contributed by atoms with Crippen molar-refractivity contribution >= 4 is 36.0 Å². The number of unbranched alkanes of at least 4 members (excludes halogenated alkanes) is 14. The number of hydrogen-bond donors (Lipinski definition) is 0. The zero-order valence-corrected chi connectivity index (χ0v) is 36.3. The molecule has 4 atom stereocenters. The van der Waals surface area contributed by atoms with Crippen molar-refractivity contribution < 1.29 is 57.1 Å². The third-order valence-corrected chi connectivity index (χ3v) is 10.5. The molecule has 0 aromatic heterocycles. The lowest BCUT2D eigenvalue weighted by Gasteiger charge is -2.16. The molecule has 2 aromatic carbocycles. The molecule has 0 N–H and O–H groups in total. The number of hydrogen-bond acceptors (Lipinski definition) is 12. The first kappa shape index (κ1) is 49.5. The molecule has 0 bridgehead atoms. The van der Waals surface area contributed by atoms with E-state index in [1.165, 1.54) is 62.8 Å². The zero-order valence-electron chi connectivity index (χ0n) is 36.3. The fourth-order valence-corrected chi connectivity index (χ4v) is 7.06. The van der Waals surface area contributed by atoms with Gasteiger partial charge < -0.3 is 37.9 Å². The van der Waals surface area contributed by atoms with Crippen LogP contribution in [0.4, 0.5) is 0 Å². The fraction of sp³-hybridized carbons (Fsp3) is 0.520. The van der Waals surface area contributed by atoms with Crippen LogP contribution in [0, 0.1) is 0 Å². The monoisotopic (exact) mass is 858 g/mol. The smallest absolute Gasteiger partial charge is 0.331 e. The van der Waals surface area contributed by atoms with Crippen molar-refractivity contribution in [2.75, 3.05) is 39.6 Å². The molecule has 0 aliphatic carbocycles. The van der Waals surface area contributed by atoms with Gasteiger partial charge in [-0.25, -0.2) is 19.2 Å². The van der Waals surface area contributed by atoms with Gasteiger partial charge in [0.15, 0.2) is 12.2 Å². The maximum absolute atomic E-state index is 12.7. The van der Waals surface area contributed by atoms with E-state index in [0.717, 1.165) is 86.8 Å². The Labute approximate surface area is 367 Å². The highest BCUT2D eigenvalue weighted by atomic mass is 16.7. The second-order valence-electron chi connectivity index (χ2n) is 15.4. The third kappa shape index (κ3) is 20.1. The molecule has 2 aliphatic heterocycles. The minimum absolute atomic E-state index is 0.148. The van der Waals surface area contributed by atoms with Crippen LogP contribution in [0.2, 0.25) is 0 Å². The summed E-state index contributed by atoms with van der Waals surface area (Å²) in [5, 5.41) is 0. The molecule has 12 heteroatoms. The molecule has 2 fully saturated rings. The summed E-state index contributed by atoms with van der Waals surface area (Å²) < 4.78 is 44.7. The summed E-state index contributed by atoms with van der Waals surface area (Å²) in [7, 11) is 0. The molecule has 0 amide bonds. The van der Waals surface area contributed by atoms with Crippen molar-refractivity contribution in [3.63, 3.8) is 0 Å². The van der Waals surface area contributed by atoms with Gasteiger partial charge in [-0.2, -0.15) is 0 Å². The molecule has 0 unspecified atom stereocenters. The highest BCUT2D eigenvalue weighted by molar-refractivity contribution is 5.88. The molecule has 338 valence electrons. The Hall–Kier alpha value is -5.20. The Balaban J connectivity index is 1.01. The molecule has 0 radical (unpaired) electrons. The Kier molecular flexibility index (Phi) is 23.9. The second kappa shape index (κ2) is 29.9. The Bertz CT molecular complexity index is 1570. The number of carbonyl (C=O) groups is 4. The van der Waals surface area contributed by atoms with Gasteiger partial charge in [-0.3, -0.25) is 0 Å². The van der Waals surface area contributed by atoms with Crippen LogP contribution in [0.5, 0.6) is 11.5 Å². The van der Waals surface area contributed by atoms with Gasteiger partial charge in [0.2, 0.25) is 0 Å². The first-order valence-electron chi connectivity index (χ1n) is 22.4. The lowest BCUT2D eigenvalue weighted by Crippen LogP contribution is -2.35. The molecule has 62 heavy (non-hydrogen) atoms. The molecular formula is C50H66O12. The summed E-state index contributed by atoms with van der Waals surface area (Å²) in [6.07, 6.45) is 23.7. The number of rotatable bonds is 32. The molecule has 4 rings (SSSR count). The number of esters is 4. The lowest BCUT2D eigenvalue weighted by molar-refractivity contribution is -0.149. The normalized spacial score (nSPS) is 18.0. The van der Waals surface area contributed by atoms with Gasteiger partial charge in [-0.15, -0.1) is 0 Å². The highest BCUT2D eigenvalue weighted by Gasteiger charge is 2.51. The summed E-state index contributed by atoms with van der Waals surface area (Å²) in [6, 6.07) is 15.1. The predicted molar refractivity (Wildman–Crippen MR) is 237 cm³/mol. The molecule has 2 aromatic rings. The standard InChI is InChI=1S/C50H66O12/c1-3-45(51)57-35-19-15-11-7-5-9-13-17-33-55-41-27-21-39(22-28-41)25-31-47(53)61-43-37-59-50-44(38-60-49(43)50)62-48(54)32-26-40-23-29-42(30-24-40)56-34-18-14-10-6-8-12-16-20-36-58-46(52)4-2/h3-4,21-32,43-44,49-50H,1-2,5-20,33-38H2/b31-25+,32-26+/t43-,44+,49-,50-/m1/s1. The van der Waals surface area contributed by atoms with E-state index in [1.807, 2.05) is 48.5 Å². The summed E-state index contributed by atoms with van der Waals surface area (Å²) in [5.74, 6) is -0.190. The fourth-order valence-electron chi connectivity index (χ4n) is 7.06. The molecule has 2 aliphatic rings. The van der Waals surface area contributed by atoms with Crippen molar-refractivity contribution in [3.05, 3.63) is 97.1 Å². The largest absolute Gasteiger partial charge is 0.494 e. The number of fused-ring (bicyclic) bond motifs is 1. The lowest BCUT2D eigenvalue weighted by atomic mass is 10.1. The SMILES string of the molecule is C=CC(=O)OCCCCCCCCCCOc1ccc(/C=C/C(=O)O[C@H]2CO[C@H]3[C@@H]2OC[C@H]3OC(=O)/C=C/c2ccc(OCCCCCCCCCCOC(=O)C=C)cc2)cc1. The average Bonchev–Trinajstić information content (AvgIpc) is 3.88. The van der Waals surface area contributed by atoms with Gasteiger partial charge in [-0.05, 0) is 73.2 Å². The van der Waals surface area contributed by atoms with Crippen molar-refractivity contribution in [2.45, 2.75) is 127 Å². The first-order valence-corrected chi connectivity index (χ1v) is 22.4. The Morgan fingerprint density at radius 2 is 0.790 bits per heavy atom. The second-order valence-corrected chi connectivity index (χ2v) is 15.4. The van der Waals surface area contributed by atoms with Gasteiger partial charge in [0, 0.05) is 24.3 Å². The van der Waals surface area contributed by atoms with Crippen LogP contribution in [0.1, 0.15) is 114 Å². The van der Waals surface area contributed by atoms with Gasteiger partial charge >= 0.3 is 23.9 Å². The minimum Gasteiger partial charge on any atom is -0.494 e. The van der Waals surface area contributed by atoms with Crippen LogP contribution in [-0.4, -0.2) is 87.9 Å². The van der Waals surface area contributed by atoms with Crippen molar-refractivity contribution in [2.24, 2.45) is 0 Å². The van der Waals surface area contributed by atoms with E-state index in [9.17, 15) is 19.2 Å². The summed E-state index contributed by atoms with van der Waals surface area (Å²) in [4.78, 5) is 47.4. The van der Waals surface area contributed by atoms with Crippen LogP contribution >= 0.6 is 0 Å². The van der Waals surface area contributed by atoms with E-state index < -0.39 is 36.4 Å². The highest BCUT2D eigenvalue weighted by Crippen LogP contribution is 2.31. The number of carbonyl (C=O) groups excluding carboxylic acids is 4. The molecule has 0 spiro atoms. The van der Waals surface area contributed by atoms with Crippen molar-refractivity contribution in [1.82, 2.24) is 0 Å². The van der Waals surface area contributed by atoms with Gasteiger partial charge in [0.05, 0.1) is 39.6 Å². The zero-order chi connectivity index (χ0) is 44.0. The van der Waals surface area contributed by atoms with E-state index in [2.05, 4.69) is 13.2 Å². The Morgan fingerprint density at radius 3 is 1.13 bits per heavy atom. The van der Waals surface area contributed by atoms with E-state index in [4.69, 9.17) is 37.9 Å². The van der Waals surface area contributed by atoms with Crippen LogP contribution in [0.15, 0.2) is 86.0 Å². The van der Waals surface area contributed by atoms with Gasteiger partial charge in [0.25, 0.3) is 0 Å². The van der Waals surface area contributed by atoms with Crippen molar-refractivity contribution in [3.8, 4) is 11.5 Å². The minimum atomic E-state index is -0.613. The van der Waals surface area contributed by atoms with E-state index in [1.54, 1.807) is 12.2 Å². The molecular weight excluding hydrogens is 793 g/mol. The molecule has 0 saturated carbocycles. The van der Waals surface area contributed by atoms with E-state index >= 15 is 0 Å². The third-order valence-electron chi connectivity index (χ3n) is 10.5. The van der Waals surface area contributed by atoms with Crippen LogP contribution in [0.3, 0.4) is 0 Å². The quantitative estimate of drug-likeness (QED) is 0.0299. The van der Waals surface area contributed by atoms with Gasteiger partial charge in [-0.1, -0.05) is 114 Å². The first-order chi connectivity index (χ1) is 30.3. The number of benzene rings is 2. The van der Waals surface area contributed by atoms with E-state index in [0.29, 0.717) is 26.4 Å². The average molecular weight is 859 g/mol. The maximum atomic E-state index is 12.7. The summed E-state index contributed by atoms with van der Waals surface area (Å²) in [5.41, 5.74) is 1.67. The maximum Gasteiger partial charge on any atom is 0.331 e. The molecule has 2 saturated heterocycles. The molecule has 2 heterocycles. The Morgan fingerprint density at radius 1 is 0.468 bits per heavy atom. The summed E-state index contributed by atoms with van der Waals surface area (Å²) >= 11 is 0. The predicted octanol–water partition coefficient (Wildman–Crippen LogP) is 9.49. The van der Waals surface area contributed by atoms with Crippen LogP contribution in [-0.2, 0) is 47.6 Å².